The molecule has 1 saturated carbocycles. The van der Waals surface area contributed by atoms with E-state index in [9.17, 15) is 14.9 Å². The van der Waals surface area contributed by atoms with E-state index in [0.29, 0.717) is 37.1 Å². The number of carbonyl (C=O) groups excluding carboxylic acids is 1. The van der Waals surface area contributed by atoms with Crippen molar-refractivity contribution in [2.45, 2.75) is 37.5 Å². The van der Waals surface area contributed by atoms with Gasteiger partial charge in [0, 0.05) is 41.6 Å². The van der Waals surface area contributed by atoms with Crippen molar-refractivity contribution in [1.82, 2.24) is 15.0 Å². The van der Waals surface area contributed by atoms with Crippen LogP contribution in [0.15, 0.2) is 42.6 Å². The van der Waals surface area contributed by atoms with Crippen molar-refractivity contribution < 1.29 is 19.4 Å². The van der Waals surface area contributed by atoms with Crippen LogP contribution in [-0.4, -0.2) is 38.6 Å². The molecule has 2 N–H and O–H groups in total. The summed E-state index contributed by atoms with van der Waals surface area (Å²) >= 11 is 0. The third-order valence-electron chi connectivity index (χ3n) is 6.95. The van der Waals surface area contributed by atoms with E-state index in [1.807, 2.05) is 25.4 Å². The van der Waals surface area contributed by atoms with Crippen LogP contribution in [0.25, 0.3) is 11.3 Å². The highest BCUT2D eigenvalue weighted by molar-refractivity contribution is 5.97. The Balaban J connectivity index is 1.38. The lowest BCUT2D eigenvalue weighted by Gasteiger charge is -2.27. The molecule has 0 radical (unpaired) electrons. The number of amides is 1. The van der Waals surface area contributed by atoms with Crippen LogP contribution in [0.4, 0.5) is 5.69 Å². The van der Waals surface area contributed by atoms with Crippen molar-refractivity contribution in [2.24, 2.45) is 13.0 Å². The molecule has 0 bridgehead atoms. The maximum atomic E-state index is 13.4. The first-order chi connectivity index (χ1) is 16.9. The fourth-order valence-electron chi connectivity index (χ4n) is 5.01. The average molecular weight is 472 g/mol. The number of rotatable bonds is 7. The highest BCUT2D eigenvalue weighted by atomic mass is 16.5. The molecule has 2 heterocycles. The molecule has 1 spiro atoms. The number of nitrogens with one attached hydrogen (secondary N) is 1. The SMILES string of the molecule is Cn1cc(-c2ccc3c(c2)[C@]2(CCO3)C[C@H]2C(=O)Nc2cc(C#N)ccc2CCCC(=O)O)nn1. The number of benzene rings is 2. The van der Waals surface area contributed by atoms with Gasteiger partial charge in [-0.1, -0.05) is 11.3 Å². The van der Waals surface area contributed by atoms with Gasteiger partial charge in [-0.25, -0.2) is 0 Å². The molecule has 3 aromatic rings. The Bertz CT molecular complexity index is 1360. The normalized spacial score (nSPS) is 19.9. The standard InChI is InChI=1S/C26H25N5O4/c1-31-15-22(29-30-31)18-7-8-23-19(12-18)26(9-10-35-23)13-20(26)25(34)28-21-11-16(14-27)5-6-17(21)3-2-4-24(32)33/h5-8,11-12,15,20H,2-4,9-10,13H2,1H3,(H,28,34)(H,32,33)/t20-,26-/m0/s1. The van der Waals surface area contributed by atoms with E-state index in [4.69, 9.17) is 9.84 Å². The van der Waals surface area contributed by atoms with Crippen molar-refractivity contribution >= 4 is 17.6 Å². The summed E-state index contributed by atoms with van der Waals surface area (Å²) in [6.45, 7) is 0.547. The van der Waals surface area contributed by atoms with Crippen LogP contribution in [-0.2, 0) is 28.5 Å². The highest BCUT2D eigenvalue weighted by Crippen LogP contribution is 2.61. The molecule has 2 aromatic carbocycles. The van der Waals surface area contributed by atoms with Gasteiger partial charge in [0.25, 0.3) is 0 Å². The van der Waals surface area contributed by atoms with Crippen LogP contribution in [0, 0.1) is 17.2 Å². The van der Waals surface area contributed by atoms with E-state index >= 15 is 0 Å². The number of carbonyl (C=O) groups is 2. The van der Waals surface area contributed by atoms with Gasteiger partial charge in [0.2, 0.25) is 5.91 Å². The zero-order valence-corrected chi connectivity index (χ0v) is 19.3. The summed E-state index contributed by atoms with van der Waals surface area (Å²) in [5.74, 6) is -0.389. The van der Waals surface area contributed by atoms with E-state index in [-0.39, 0.29) is 23.7 Å². The number of anilines is 1. The molecule has 1 aliphatic heterocycles. The Labute approximate surface area is 202 Å². The topological polar surface area (TPSA) is 130 Å². The van der Waals surface area contributed by atoms with Crippen molar-refractivity contribution in [1.29, 1.82) is 5.26 Å². The minimum Gasteiger partial charge on any atom is -0.493 e. The summed E-state index contributed by atoms with van der Waals surface area (Å²) in [7, 11) is 1.82. The lowest BCUT2D eigenvalue weighted by Crippen LogP contribution is -2.27. The fourth-order valence-corrected chi connectivity index (χ4v) is 5.01. The molecule has 0 saturated heterocycles. The third kappa shape index (κ3) is 4.35. The number of aryl methyl sites for hydroxylation is 2. The molecule has 9 nitrogen and oxygen atoms in total. The Morgan fingerprint density at radius 2 is 2.17 bits per heavy atom. The highest BCUT2D eigenvalue weighted by Gasteiger charge is 2.61. The van der Waals surface area contributed by atoms with Crippen LogP contribution in [0.2, 0.25) is 0 Å². The lowest BCUT2D eigenvalue weighted by atomic mass is 9.86. The smallest absolute Gasteiger partial charge is 0.303 e. The second kappa shape index (κ2) is 8.87. The summed E-state index contributed by atoms with van der Waals surface area (Å²) in [4.78, 5) is 24.3. The third-order valence-corrected chi connectivity index (χ3v) is 6.95. The van der Waals surface area contributed by atoms with E-state index in [1.165, 1.54) is 0 Å². The molecule has 0 unspecified atom stereocenters. The van der Waals surface area contributed by atoms with Gasteiger partial charge in [-0.3, -0.25) is 14.3 Å². The molecule has 9 heteroatoms. The van der Waals surface area contributed by atoms with Crippen LogP contribution < -0.4 is 10.1 Å². The van der Waals surface area contributed by atoms with Gasteiger partial charge in [-0.05, 0) is 61.6 Å². The molecule has 1 aliphatic carbocycles. The summed E-state index contributed by atoms with van der Waals surface area (Å²) in [5.41, 5.74) is 4.24. The van der Waals surface area contributed by atoms with Gasteiger partial charge in [-0.2, -0.15) is 5.26 Å². The number of carboxylic acids is 1. The van der Waals surface area contributed by atoms with E-state index < -0.39 is 5.97 Å². The van der Waals surface area contributed by atoms with Crippen molar-refractivity contribution in [2.75, 3.05) is 11.9 Å². The predicted molar refractivity (Wildman–Crippen MR) is 127 cm³/mol. The first-order valence-corrected chi connectivity index (χ1v) is 11.6. The Kier molecular flexibility index (Phi) is 5.73. The Hall–Kier alpha value is -4.19. The Morgan fingerprint density at radius 3 is 2.91 bits per heavy atom. The number of nitrogens with zero attached hydrogens (tertiary/aromatic N) is 4. The fraction of sp³-hybridized carbons (Fsp3) is 0.346. The number of hydrogen-bond acceptors (Lipinski definition) is 6. The molecule has 2 aliphatic rings. The predicted octanol–water partition coefficient (Wildman–Crippen LogP) is 3.44. The second-order valence-corrected chi connectivity index (χ2v) is 9.22. The zero-order valence-electron chi connectivity index (χ0n) is 19.3. The molecular formula is C26H25N5O4. The minimum absolute atomic E-state index is 0.0457. The summed E-state index contributed by atoms with van der Waals surface area (Å²) in [6, 6.07) is 13.2. The number of nitriles is 1. The zero-order chi connectivity index (χ0) is 24.6. The second-order valence-electron chi connectivity index (χ2n) is 9.22. The molecule has 5 rings (SSSR count). The van der Waals surface area contributed by atoms with Gasteiger partial charge in [0.15, 0.2) is 0 Å². The first-order valence-electron chi connectivity index (χ1n) is 11.6. The van der Waals surface area contributed by atoms with Gasteiger partial charge in [-0.15, -0.1) is 5.10 Å². The van der Waals surface area contributed by atoms with Crippen LogP contribution in [0.3, 0.4) is 0 Å². The molecule has 1 amide bonds. The number of hydrogen-bond donors (Lipinski definition) is 2. The number of aromatic nitrogens is 3. The van der Waals surface area contributed by atoms with Crippen molar-refractivity contribution in [3.63, 3.8) is 0 Å². The lowest BCUT2D eigenvalue weighted by molar-refractivity contribution is -0.137. The van der Waals surface area contributed by atoms with Crippen molar-refractivity contribution in [3.05, 3.63) is 59.3 Å². The number of fused-ring (bicyclic) bond motifs is 2. The summed E-state index contributed by atoms with van der Waals surface area (Å²) < 4.78 is 7.55. The maximum Gasteiger partial charge on any atom is 0.303 e. The number of carboxylic acid groups (broad SMARTS) is 1. The van der Waals surface area contributed by atoms with E-state index in [1.54, 1.807) is 22.9 Å². The minimum atomic E-state index is -0.858. The first kappa shape index (κ1) is 22.6. The van der Waals surface area contributed by atoms with Gasteiger partial charge >= 0.3 is 5.97 Å². The largest absolute Gasteiger partial charge is 0.493 e. The Morgan fingerprint density at radius 1 is 1.31 bits per heavy atom. The summed E-state index contributed by atoms with van der Waals surface area (Å²) in [5, 5.41) is 29.5. The number of aliphatic carboxylic acids is 1. The molecular weight excluding hydrogens is 446 g/mol. The molecule has 35 heavy (non-hydrogen) atoms. The van der Waals surface area contributed by atoms with Gasteiger partial charge < -0.3 is 15.2 Å². The monoisotopic (exact) mass is 471 g/mol. The van der Waals surface area contributed by atoms with Crippen LogP contribution in [0.1, 0.15) is 42.4 Å². The average Bonchev–Trinajstić information content (AvgIpc) is 3.40. The molecule has 178 valence electrons. The van der Waals surface area contributed by atoms with Crippen LogP contribution in [0.5, 0.6) is 5.75 Å². The van der Waals surface area contributed by atoms with Crippen molar-refractivity contribution in [3.8, 4) is 23.1 Å². The maximum absolute atomic E-state index is 13.4. The number of ether oxygens (including phenoxy) is 1. The molecule has 1 fully saturated rings. The van der Waals surface area contributed by atoms with Crippen LogP contribution >= 0.6 is 0 Å². The quantitative estimate of drug-likeness (QED) is 0.540. The van der Waals surface area contributed by atoms with E-state index in [2.05, 4.69) is 27.8 Å². The van der Waals surface area contributed by atoms with E-state index in [0.717, 1.165) is 34.6 Å². The van der Waals surface area contributed by atoms with Gasteiger partial charge in [0.05, 0.1) is 24.4 Å². The van der Waals surface area contributed by atoms with Gasteiger partial charge in [0.1, 0.15) is 11.4 Å². The molecule has 2 atom stereocenters. The summed E-state index contributed by atoms with van der Waals surface area (Å²) in [6.07, 6.45) is 4.30. The molecule has 1 aromatic heterocycles.